The zero-order chi connectivity index (χ0) is 15.7. The summed E-state index contributed by atoms with van der Waals surface area (Å²) in [6, 6.07) is 12.1. The molecule has 6 heteroatoms. The zero-order valence-corrected chi connectivity index (χ0v) is 13.2. The van der Waals surface area contributed by atoms with Gasteiger partial charge in [0.1, 0.15) is 0 Å². The fraction of sp³-hybridized carbons (Fsp3) is 0.0625. The highest BCUT2D eigenvalue weighted by Crippen LogP contribution is 2.19. The van der Waals surface area contributed by atoms with Crippen molar-refractivity contribution in [3.63, 3.8) is 0 Å². The van der Waals surface area contributed by atoms with E-state index in [-0.39, 0.29) is 15.8 Å². The molecule has 3 rings (SSSR count). The molecule has 0 aliphatic rings. The summed E-state index contributed by atoms with van der Waals surface area (Å²) in [5.74, 6) is -0.298. The molecule has 3 aromatic rings. The molecule has 0 radical (unpaired) electrons. The summed E-state index contributed by atoms with van der Waals surface area (Å²) in [6.07, 6.45) is 0. The Bertz CT molecular complexity index is 937. The van der Waals surface area contributed by atoms with Gasteiger partial charge in [-0.25, -0.2) is 4.98 Å². The predicted molar refractivity (Wildman–Crippen MR) is 90.0 cm³/mol. The van der Waals surface area contributed by atoms with E-state index >= 15 is 0 Å². The van der Waals surface area contributed by atoms with Gasteiger partial charge in [0.25, 0.3) is 5.91 Å². The number of anilines is 1. The van der Waals surface area contributed by atoms with E-state index in [0.29, 0.717) is 21.5 Å². The molecule has 1 heterocycles. The van der Waals surface area contributed by atoms with Crippen molar-refractivity contribution in [2.24, 2.45) is 0 Å². The monoisotopic (exact) mass is 330 g/mol. The Balaban J connectivity index is 1.97. The fourth-order valence-electron chi connectivity index (χ4n) is 2.05. The summed E-state index contributed by atoms with van der Waals surface area (Å²) >= 11 is 6.81. The van der Waals surface area contributed by atoms with Crippen molar-refractivity contribution >= 4 is 44.9 Å². The van der Waals surface area contributed by atoms with Crippen LogP contribution in [0.15, 0.2) is 47.3 Å². The lowest BCUT2D eigenvalue weighted by Crippen LogP contribution is -2.13. The molecule has 110 valence electrons. The van der Waals surface area contributed by atoms with Gasteiger partial charge in [-0.05, 0) is 37.3 Å². The number of nitrogens with zero attached hydrogens (tertiary/aromatic N) is 1. The number of carbonyl (C=O) groups excluding carboxylic acids is 1. The van der Waals surface area contributed by atoms with Gasteiger partial charge in [0.15, 0.2) is 5.13 Å². The van der Waals surface area contributed by atoms with Crippen LogP contribution in [0.2, 0.25) is 5.02 Å². The molecule has 0 bridgehead atoms. The highest BCUT2D eigenvalue weighted by molar-refractivity contribution is 7.13. The molecular weight excluding hydrogens is 320 g/mol. The van der Waals surface area contributed by atoms with Crippen molar-refractivity contribution in [2.75, 3.05) is 5.32 Å². The molecule has 4 nitrogen and oxygen atoms in total. The maximum Gasteiger partial charge on any atom is 0.257 e. The molecule has 1 aromatic heterocycles. The molecule has 1 amide bonds. The zero-order valence-electron chi connectivity index (χ0n) is 11.6. The molecule has 0 atom stereocenters. The number of aromatic nitrogens is 1. The van der Waals surface area contributed by atoms with Crippen molar-refractivity contribution < 1.29 is 4.79 Å². The minimum Gasteiger partial charge on any atom is -0.298 e. The first-order valence-electron chi connectivity index (χ1n) is 6.51. The summed E-state index contributed by atoms with van der Waals surface area (Å²) in [5.41, 5.74) is 1.97. The molecule has 1 N–H and O–H groups in total. The third-order valence-corrected chi connectivity index (χ3v) is 4.12. The lowest BCUT2D eigenvalue weighted by atomic mass is 10.1. The Morgan fingerprint density at radius 1 is 1.23 bits per heavy atom. The summed E-state index contributed by atoms with van der Waals surface area (Å²) in [7, 11) is 0. The molecule has 0 aliphatic heterocycles. The van der Waals surface area contributed by atoms with Gasteiger partial charge in [0.2, 0.25) is 4.74 Å². The van der Waals surface area contributed by atoms with E-state index in [1.807, 2.05) is 13.0 Å². The molecule has 2 aromatic carbocycles. The maximum absolute atomic E-state index is 12.2. The van der Waals surface area contributed by atoms with Gasteiger partial charge in [0, 0.05) is 10.6 Å². The third-order valence-electron chi connectivity index (χ3n) is 3.09. The highest BCUT2D eigenvalue weighted by atomic mass is 35.5. The summed E-state index contributed by atoms with van der Waals surface area (Å²) in [6.45, 7) is 1.91. The number of carbonyl (C=O) groups is 1. The van der Waals surface area contributed by atoms with Gasteiger partial charge in [-0.1, -0.05) is 40.6 Å². The number of halogens is 1. The van der Waals surface area contributed by atoms with Crippen molar-refractivity contribution in [1.29, 1.82) is 0 Å². The number of nitrogens with one attached hydrogen (secondary N) is 1. The van der Waals surface area contributed by atoms with Crippen molar-refractivity contribution in [3.8, 4) is 0 Å². The first-order valence-corrected chi connectivity index (χ1v) is 7.71. The molecule has 22 heavy (non-hydrogen) atoms. The van der Waals surface area contributed by atoms with Gasteiger partial charge in [0.05, 0.1) is 10.9 Å². The largest absolute Gasteiger partial charge is 0.298 e. The van der Waals surface area contributed by atoms with E-state index < -0.39 is 0 Å². The molecule has 0 aliphatic carbocycles. The Kier molecular flexibility index (Phi) is 3.92. The van der Waals surface area contributed by atoms with Crippen LogP contribution in [0.3, 0.4) is 0 Å². The van der Waals surface area contributed by atoms with E-state index in [0.717, 1.165) is 16.9 Å². The minimum absolute atomic E-state index is 0.166. The van der Waals surface area contributed by atoms with E-state index in [9.17, 15) is 9.59 Å². The summed E-state index contributed by atoms with van der Waals surface area (Å²) in [4.78, 5) is 28.6. The van der Waals surface area contributed by atoms with Crippen molar-refractivity contribution in [2.45, 2.75) is 6.92 Å². The van der Waals surface area contributed by atoms with Crippen LogP contribution >= 0.6 is 22.9 Å². The number of fused-ring (bicyclic) bond motifs is 1. The Hall–Kier alpha value is -2.24. The van der Waals surface area contributed by atoms with Crippen molar-refractivity contribution in [3.05, 3.63) is 68.2 Å². The van der Waals surface area contributed by atoms with Crippen LogP contribution in [-0.2, 0) is 0 Å². The minimum atomic E-state index is -0.298. The van der Waals surface area contributed by atoms with Gasteiger partial charge >= 0.3 is 0 Å². The average molecular weight is 331 g/mol. The molecule has 0 spiro atoms. The maximum atomic E-state index is 12.2. The van der Waals surface area contributed by atoms with E-state index in [4.69, 9.17) is 11.6 Å². The normalized spacial score (nSPS) is 10.6. The Morgan fingerprint density at radius 2 is 2.05 bits per heavy atom. The topological polar surface area (TPSA) is 59.1 Å². The molecule has 0 saturated carbocycles. The van der Waals surface area contributed by atoms with Crippen LogP contribution in [0.4, 0.5) is 5.13 Å². The van der Waals surface area contributed by atoms with Crippen molar-refractivity contribution in [1.82, 2.24) is 4.98 Å². The number of hydrogen-bond acceptors (Lipinski definition) is 4. The quantitative estimate of drug-likeness (QED) is 0.776. The van der Waals surface area contributed by atoms with Crippen LogP contribution in [-0.4, -0.2) is 10.9 Å². The van der Waals surface area contributed by atoms with Crippen LogP contribution in [0.1, 0.15) is 15.9 Å². The second-order valence-corrected chi connectivity index (χ2v) is 6.19. The molecule has 0 unspecified atom stereocenters. The molecule has 0 saturated heterocycles. The van der Waals surface area contributed by atoms with Crippen LogP contribution in [0, 0.1) is 6.92 Å². The number of rotatable bonds is 2. The highest BCUT2D eigenvalue weighted by Gasteiger charge is 2.10. The van der Waals surface area contributed by atoms with Crippen LogP contribution in [0.5, 0.6) is 0 Å². The SMILES string of the molecule is Cc1cccc(C(=O)Nc2nc3cc(Cl)ccc3c(=O)s2)c1. The standard InChI is InChI=1S/C16H11ClN2O2S/c1-9-3-2-4-10(7-9)14(20)19-16-18-13-8-11(17)5-6-12(13)15(21)22-16/h2-8H,1H3,(H,18,19,20). The lowest BCUT2D eigenvalue weighted by molar-refractivity contribution is 0.102. The van der Waals surface area contributed by atoms with Gasteiger partial charge in [-0.3, -0.25) is 14.9 Å². The van der Waals surface area contributed by atoms with E-state index in [1.165, 1.54) is 0 Å². The van der Waals surface area contributed by atoms with E-state index in [2.05, 4.69) is 10.3 Å². The van der Waals surface area contributed by atoms with Crippen LogP contribution < -0.4 is 10.1 Å². The smallest absolute Gasteiger partial charge is 0.257 e. The number of amides is 1. The average Bonchev–Trinajstić information content (AvgIpc) is 2.46. The lowest BCUT2D eigenvalue weighted by Gasteiger charge is -2.05. The number of aryl methyl sites for hydroxylation is 1. The Labute approximate surface area is 135 Å². The Morgan fingerprint density at radius 3 is 2.82 bits per heavy atom. The number of hydrogen-bond donors (Lipinski definition) is 1. The second-order valence-electron chi connectivity index (χ2n) is 4.79. The molecule has 0 fully saturated rings. The predicted octanol–water partition coefficient (Wildman–Crippen LogP) is 3.87. The fourth-order valence-corrected chi connectivity index (χ4v) is 2.97. The first kappa shape index (κ1) is 14.7. The number of benzene rings is 2. The first-order chi connectivity index (χ1) is 10.5. The molecular formula is C16H11ClN2O2S. The summed E-state index contributed by atoms with van der Waals surface area (Å²) < 4.78 is -0.166. The second kappa shape index (κ2) is 5.87. The van der Waals surface area contributed by atoms with Crippen LogP contribution in [0.25, 0.3) is 10.9 Å². The van der Waals surface area contributed by atoms with E-state index in [1.54, 1.807) is 36.4 Å². The van der Waals surface area contributed by atoms with Gasteiger partial charge in [-0.2, -0.15) is 0 Å². The van der Waals surface area contributed by atoms with Gasteiger partial charge < -0.3 is 0 Å². The third kappa shape index (κ3) is 3.00. The van der Waals surface area contributed by atoms with Gasteiger partial charge in [-0.15, -0.1) is 0 Å². The summed E-state index contributed by atoms with van der Waals surface area (Å²) in [5, 5.41) is 3.90.